The maximum absolute atomic E-state index is 14.5. The number of pyridine rings is 6. The molecule has 6 aromatic heterocycles. The zero-order valence-electron chi connectivity index (χ0n) is 26.3. The average molecular weight is 746 g/mol. The summed E-state index contributed by atoms with van der Waals surface area (Å²) in [5.74, 6) is -0.365. The fourth-order valence-corrected chi connectivity index (χ4v) is 6.54. The molecule has 0 atom stereocenters. The Morgan fingerprint density at radius 2 is 1.12 bits per heavy atom. The highest BCUT2D eigenvalue weighted by molar-refractivity contribution is 9.10. The summed E-state index contributed by atoms with van der Waals surface area (Å²) < 4.78 is 44.1. The third-order valence-electron chi connectivity index (χ3n) is 8.38. The Morgan fingerprint density at radius 1 is 0.608 bits per heavy atom. The van der Waals surface area contributed by atoms with Gasteiger partial charge in [-0.3, -0.25) is 38.7 Å². The largest absolute Gasteiger partial charge is 0.485 e. The molecule has 250 valence electrons. The molecule has 7 aromatic rings. The minimum Gasteiger partial charge on any atom is -0.485 e. The summed E-state index contributed by atoms with van der Waals surface area (Å²) >= 11 is 3.35. The summed E-state index contributed by atoms with van der Waals surface area (Å²) in [6.07, 6.45) is 9.73. The zero-order valence-corrected chi connectivity index (χ0v) is 27.9. The molecule has 0 aliphatic carbocycles. The predicted octanol–water partition coefficient (Wildman–Crippen LogP) is 7.08. The van der Waals surface area contributed by atoms with Crippen molar-refractivity contribution in [1.29, 1.82) is 0 Å². The van der Waals surface area contributed by atoms with Crippen LogP contribution < -0.4 is 20.6 Å². The van der Waals surface area contributed by atoms with Gasteiger partial charge in [-0.15, -0.1) is 0 Å². The van der Waals surface area contributed by atoms with Gasteiger partial charge in [0.1, 0.15) is 47.7 Å². The van der Waals surface area contributed by atoms with Crippen LogP contribution >= 0.6 is 15.9 Å². The summed E-state index contributed by atoms with van der Waals surface area (Å²) in [6, 6.07) is 21.0. The van der Waals surface area contributed by atoms with Crippen molar-refractivity contribution < 1.29 is 18.3 Å². The second kappa shape index (κ2) is 13.2. The van der Waals surface area contributed by atoms with E-state index in [2.05, 4.69) is 35.9 Å². The van der Waals surface area contributed by atoms with Crippen molar-refractivity contribution in [2.45, 2.75) is 13.2 Å². The minimum atomic E-state index is -0.812. The van der Waals surface area contributed by atoms with Crippen molar-refractivity contribution in [2.75, 3.05) is 0 Å². The number of halogens is 3. The molecule has 0 spiro atoms. The van der Waals surface area contributed by atoms with Gasteiger partial charge in [0.2, 0.25) is 0 Å². The van der Waals surface area contributed by atoms with Crippen LogP contribution in [0.2, 0.25) is 0 Å². The van der Waals surface area contributed by atoms with E-state index in [1.807, 2.05) is 18.2 Å². The van der Waals surface area contributed by atoms with Crippen LogP contribution in [0.4, 0.5) is 8.78 Å². The zero-order chi connectivity index (χ0) is 35.1. The van der Waals surface area contributed by atoms with Crippen LogP contribution in [-0.2, 0) is 13.2 Å². The number of hydrogen-bond acceptors (Lipinski definition) is 8. The monoisotopic (exact) mass is 744 g/mol. The summed E-state index contributed by atoms with van der Waals surface area (Å²) in [5.41, 5.74) is 4.00. The summed E-state index contributed by atoms with van der Waals surface area (Å²) in [5, 5.41) is 0. The third kappa shape index (κ3) is 5.66. The molecule has 13 heteroatoms. The van der Waals surface area contributed by atoms with Crippen LogP contribution in [-0.4, -0.2) is 29.1 Å². The number of ether oxygens (including phenoxy) is 2. The molecule has 0 saturated heterocycles. The molecule has 0 bridgehead atoms. The number of nitrogens with zero attached hydrogens (tertiary/aromatic N) is 6. The first-order valence-corrected chi connectivity index (χ1v) is 16.3. The van der Waals surface area contributed by atoms with Crippen LogP contribution in [0.5, 0.6) is 11.5 Å². The number of benzene rings is 1. The first-order chi connectivity index (χ1) is 24.9. The molecular weight excluding hydrogens is 722 g/mol. The maximum atomic E-state index is 14.5. The summed E-state index contributed by atoms with van der Waals surface area (Å²) in [7, 11) is 0. The normalized spacial score (nSPS) is 12.1. The van der Waals surface area contributed by atoms with Gasteiger partial charge >= 0.3 is 0 Å². The Morgan fingerprint density at radius 3 is 1.65 bits per heavy atom. The lowest BCUT2D eigenvalue weighted by molar-refractivity contribution is 0.292. The highest BCUT2D eigenvalue weighted by atomic mass is 79.9. The highest BCUT2D eigenvalue weighted by Gasteiger charge is 2.28. The molecule has 1 aromatic carbocycles. The van der Waals surface area contributed by atoms with Gasteiger partial charge < -0.3 is 9.47 Å². The highest BCUT2D eigenvalue weighted by Crippen LogP contribution is 2.39. The Balaban J connectivity index is 0.000000152. The lowest BCUT2D eigenvalue weighted by Crippen LogP contribution is -2.27. The van der Waals surface area contributed by atoms with Crippen molar-refractivity contribution in [3.63, 3.8) is 0 Å². The number of rotatable bonds is 3. The molecule has 8 heterocycles. The van der Waals surface area contributed by atoms with Crippen molar-refractivity contribution >= 4 is 15.9 Å². The SMILES string of the molecule is O=c1c(-c2c(F)cccc2F)cc2c(n1-c1cccnc1)COc1cccnc1-2.O=c1c(Br)cc2c(n1-c1cccnc1)COc1cccnc1-2. The molecule has 0 unspecified atom stereocenters. The van der Waals surface area contributed by atoms with Crippen molar-refractivity contribution in [1.82, 2.24) is 29.1 Å². The molecule has 0 N–H and O–H groups in total. The van der Waals surface area contributed by atoms with Gasteiger partial charge in [-0.2, -0.15) is 0 Å². The number of hydrogen-bond donors (Lipinski definition) is 0. The second-order valence-corrected chi connectivity index (χ2v) is 12.2. The van der Waals surface area contributed by atoms with E-state index in [0.717, 1.165) is 34.8 Å². The predicted molar refractivity (Wildman–Crippen MR) is 188 cm³/mol. The molecule has 0 radical (unpaired) electrons. The van der Waals surface area contributed by atoms with Gasteiger partial charge in [0.25, 0.3) is 11.1 Å². The lowest BCUT2D eigenvalue weighted by Gasteiger charge is -2.24. The molecular formula is C38H23BrF2N6O4. The van der Waals surface area contributed by atoms with E-state index in [9.17, 15) is 18.4 Å². The molecule has 51 heavy (non-hydrogen) atoms. The van der Waals surface area contributed by atoms with Gasteiger partial charge in [-0.05, 0) is 88.7 Å². The fraction of sp³-hybridized carbons (Fsp3) is 0.0526. The van der Waals surface area contributed by atoms with Crippen LogP contribution in [0, 0.1) is 11.6 Å². The lowest BCUT2D eigenvalue weighted by atomic mass is 9.98. The molecule has 2 aliphatic heterocycles. The van der Waals surface area contributed by atoms with Gasteiger partial charge in [0.15, 0.2) is 0 Å². The minimum absolute atomic E-state index is 0.0956. The van der Waals surface area contributed by atoms with E-state index in [1.165, 1.54) is 22.9 Å². The molecule has 2 aliphatic rings. The van der Waals surface area contributed by atoms with Crippen LogP contribution in [0.3, 0.4) is 0 Å². The molecule has 9 rings (SSSR count). The standard InChI is InChI=1S/C22H13F2N3O2.C16H10BrN3O2/c23-16-5-1-6-17(24)20(16)15-10-14-18(12-29-19-7-3-9-26-21(14)19)27(22(15)28)13-4-2-8-25-11-13;17-12-7-11-13(9-22-14-4-2-6-19-15(11)14)20(16(12)21)10-3-1-5-18-8-10/h1-11H,12H2;1-8H,9H2. The van der Waals surface area contributed by atoms with Gasteiger partial charge in [-0.25, -0.2) is 8.78 Å². The van der Waals surface area contributed by atoms with Crippen molar-refractivity contribution in [2.24, 2.45) is 0 Å². The van der Waals surface area contributed by atoms with E-state index in [-0.39, 0.29) is 23.3 Å². The molecule has 0 saturated carbocycles. The number of aromatic nitrogens is 6. The van der Waals surface area contributed by atoms with E-state index in [1.54, 1.807) is 71.9 Å². The van der Waals surface area contributed by atoms with Gasteiger partial charge in [0, 0.05) is 35.9 Å². The molecule has 10 nitrogen and oxygen atoms in total. The van der Waals surface area contributed by atoms with Crippen LogP contribution in [0.25, 0.3) is 45.0 Å². The fourth-order valence-electron chi connectivity index (χ4n) is 6.13. The van der Waals surface area contributed by atoms with Gasteiger partial charge in [-0.1, -0.05) is 6.07 Å². The molecule has 0 amide bonds. The quantitative estimate of drug-likeness (QED) is 0.189. The topological polar surface area (TPSA) is 114 Å². The second-order valence-electron chi connectivity index (χ2n) is 11.3. The summed E-state index contributed by atoms with van der Waals surface area (Å²) in [6.45, 7) is 0.420. The van der Waals surface area contributed by atoms with Crippen molar-refractivity contribution in [3.8, 4) is 56.5 Å². The summed E-state index contributed by atoms with van der Waals surface area (Å²) in [4.78, 5) is 42.9. The Hall–Kier alpha value is -6.34. The first-order valence-electron chi connectivity index (χ1n) is 15.6. The molecule has 0 fully saturated rings. The maximum Gasteiger partial charge on any atom is 0.269 e. The Kier molecular flexibility index (Phi) is 8.24. The third-order valence-corrected chi connectivity index (χ3v) is 8.95. The average Bonchev–Trinajstić information content (AvgIpc) is 3.16. The van der Waals surface area contributed by atoms with E-state index < -0.39 is 17.2 Å². The van der Waals surface area contributed by atoms with Gasteiger partial charge in [0.05, 0.1) is 50.8 Å². The Labute approximate surface area is 296 Å². The van der Waals surface area contributed by atoms with E-state index in [4.69, 9.17) is 9.47 Å². The van der Waals surface area contributed by atoms with E-state index in [0.29, 0.717) is 45.2 Å². The van der Waals surface area contributed by atoms with Crippen molar-refractivity contribution in [3.05, 3.63) is 164 Å². The van der Waals surface area contributed by atoms with E-state index >= 15 is 0 Å². The van der Waals surface area contributed by atoms with Crippen LogP contribution in [0.1, 0.15) is 11.4 Å². The number of fused-ring (bicyclic) bond motifs is 6. The van der Waals surface area contributed by atoms with Crippen LogP contribution in [0.15, 0.2) is 130 Å². The first kappa shape index (κ1) is 31.9. The smallest absolute Gasteiger partial charge is 0.269 e. The Bertz CT molecular complexity index is 2560.